The van der Waals surface area contributed by atoms with E-state index in [1.54, 1.807) is 6.92 Å². The Morgan fingerprint density at radius 2 is 2.03 bits per heavy atom. The zero-order chi connectivity index (χ0) is 21.4. The molecular weight excluding hydrogens is 405 g/mol. The van der Waals surface area contributed by atoms with Gasteiger partial charge in [-0.1, -0.05) is 37.1 Å². The molecule has 2 rings (SSSR count). The van der Waals surface area contributed by atoms with Gasteiger partial charge in [-0.2, -0.15) is 0 Å². The summed E-state index contributed by atoms with van der Waals surface area (Å²) in [5.41, 5.74) is -1.05. The largest absolute Gasteiger partial charge is 0.486 e. The van der Waals surface area contributed by atoms with Crippen molar-refractivity contribution in [2.24, 2.45) is 0 Å². The molecule has 1 amide bonds. The van der Waals surface area contributed by atoms with Crippen LogP contribution in [0.5, 0.6) is 5.75 Å². The Hall–Kier alpha value is -2.87. The molecule has 0 spiro atoms. The van der Waals surface area contributed by atoms with Crippen LogP contribution < -0.4 is 15.5 Å². The molecular formula is C20H21ClFNO6. The highest BCUT2D eigenvalue weighted by Crippen LogP contribution is 2.19. The van der Waals surface area contributed by atoms with Gasteiger partial charge in [0.1, 0.15) is 17.6 Å². The Balaban J connectivity index is 2.28. The highest BCUT2D eigenvalue weighted by Gasteiger charge is 2.25. The first-order chi connectivity index (χ1) is 13.9. The average molecular weight is 426 g/mol. The van der Waals surface area contributed by atoms with E-state index in [0.29, 0.717) is 6.42 Å². The van der Waals surface area contributed by atoms with Gasteiger partial charge in [0.05, 0.1) is 18.2 Å². The summed E-state index contributed by atoms with van der Waals surface area (Å²) in [6.07, 6.45) is 2.28. The molecule has 0 fully saturated rings. The predicted octanol–water partition coefficient (Wildman–Crippen LogP) is 3.72. The number of halogens is 2. The summed E-state index contributed by atoms with van der Waals surface area (Å²) in [6, 6.07) is 4.37. The molecule has 0 aliphatic carbocycles. The minimum Gasteiger partial charge on any atom is -0.486 e. The summed E-state index contributed by atoms with van der Waals surface area (Å²) < 4.78 is 29.4. The maximum atomic E-state index is 14.0. The molecule has 1 N–H and O–H groups in total. The normalized spacial score (nSPS) is 10.5. The molecule has 0 radical (unpaired) electrons. The fourth-order valence-corrected chi connectivity index (χ4v) is 2.54. The number of ether oxygens (including phenoxy) is 2. The molecule has 156 valence electrons. The second-order valence-electron chi connectivity index (χ2n) is 5.95. The third-order valence-electron chi connectivity index (χ3n) is 3.87. The number of hydrogen-bond donors (Lipinski definition) is 1. The van der Waals surface area contributed by atoms with Crippen LogP contribution in [0.2, 0.25) is 5.02 Å². The molecule has 0 bridgehead atoms. The highest BCUT2D eigenvalue weighted by atomic mass is 35.5. The lowest BCUT2D eigenvalue weighted by molar-refractivity contribution is 0.0477. The fraction of sp³-hybridized carbons (Fsp3) is 0.350. The fourth-order valence-electron chi connectivity index (χ4n) is 2.35. The van der Waals surface area contributed by atoms with Crippen molar-refractivity contribution in [3.8, 4) is 5.75 Å². The topological polar surface area (TPSA) is 94.8 Å². The number of nitrogens with one attached hydrogen (secondary N) is 1. The van der Waals surface area contributed by atoms with Crippen molar-refractivity contribution in [3.63, 3.8) is 0 Å². The van der Waals surface area contributed by atoms with Gasteiger partial charge in [0.15, 0.2) is 0 Å². The molecule has 2 aromatic rings. The van der Waals surface area contributed by atoms with E-state index in [2.05, 4.69) is 5.32 Å². The van der Waals surface area contributed by atoms with E-state index in [9.17, 15) is 18.8 Å². The molecule has 1 aromatic carbocycles. The summed E-state index contributed by atoms with van der Waals surface area (Å²) in [4.78, 5) is 37.2. The summed E-state index contributed by atoms with van der Waals surface area (Å²) in [7, 11) is 0. The Kier molecular flexibility index (Phi) is 8.21. The molecule has 7 nitrogen and oxygen atoms in total. The SMILES string of the molecule is CCCCOc1c(C(=O)OCC)occ(C(=O)NCc2cccc(Cl)c2F)c1=O. The van der Waals surface area contributed by atoms with Crippen molar-refractivity contribution >= 4 is 23.5 Å². The van der Waals surface area contributed by atoms with Gasteiger partial charge in [0.2, 0.25) is 11.2 Å². The maximum Gasteiger partial charge on any atom is 0.378 e. The minimum atomic E-state index is -0.871. The van der Waals surface area contributed by atoms with Crippen LogP contribution in [-0.4, -0.2) is 25.1 Å². The van der Waals surface area contributed by atoms with Crippen LogP contribution in [0, 0.1) is 5.82 Å². The smallest absolute Gasteiger partial charge is 0.378 e. The Labute approximate surface area is 171 Å². The van der Waals surface area contributed by atoms with Crippen molar-refractivity contribution in [3.05, 3.63) is 62.4 Å². The molecule has 29 heavy (non-hydrogen) atoms. The van der Waals surface area contributed by atoms with Gasteiger partial charge in [-0.05, 0) is 19.4 Å². The van der Waals surface area contributed by atoms with Crippen LogP contribution in [0.3, 0.4) is 0 Å². The minimum absolute atomic E-state index is 0.0738. The van der Waals surface area contributed by atoms with E-state index in [4.69, 9.17) is 25.5 Å². The number of benzene rings is 1. The second-order valence-corrected chi connectivity index (χ2v) is 6.36. The number of carbonyl (C=O) groups excluding carboxylic acids is 2. The van der Waals surface area contributed by atoms with E-state index in [-0.39, 0.29) is 35.9 Å². The van der Waals surface area contributed by atoms with Crippen molar-refractivity contribution in [2.75, 3.05) is 13.2 Å². The van der Waals surface area contributed by atoms with Gasteiger partial charge in [-0.3, -0.25) is 9.59 Å². The lowest BCUT2D eigenvalue weighted by atomic mass is 10.2. The Morgan fingerprint density at radius 3 is 2.72 bits per heavy atom. The maximum absolute atomic E-state index is 14.0. The summed E-state index contributed by atoms with van der Waals surface area (Å²) in [5.74, 6) is -3.15. The summed E-state index contributed by atoms with van der Waals surface area (Å²) in [6.45, 7) is 3.56. The van der Waals surface area contributed by atoms with E-state index >= 15 is 0 Å². The van der Waals surface area contributed by atoms with Crippen LogP contribution in [0.1, 0.15) is 53.2 Å². The number of unbranched alkanes of at least 4 members (excludes halogenated alkanes) is 1. The van der Waals surface area contributed by atoms with Crippen LogP contribution in [0.15, 0.2) is 33.7 Å². The van der Waals surface area contributed by atoms with Gasteiger partial charge in [-0.15, -0.1) is 0 Å². The van der Waals surface area contributed by atoms with Crippen molar-refractivity contribution in [1.29, 1.82) is 0 Å². The number of rotatable bonds is 9. The molecule has 0 saturated carbocycles. The van der Waals surface area contributed by atoms with Gasteiger partial charge in [-0.25, -0.2) is 9.18 Å². The van der Waals surface area contributed by atoms with Gasteiger partial charge in [0.25, 0.3) is 11.7 Å². The molecule has 1 heterocycles. The Bertz CT molecular complexity index is 943. The standard InChI is InChI=1S/C20H21ClFNO6/c1-3-5-9-28-17-16(24)13(11-29-18(17)20(26)27-4-2)19(25)23-10-12-7-6-8-14(21)15(12)22/h6-8,11H,3-5,9-10H2,1-2H3,(H,23,25). The lowest BCUT2D eigenvalue weighted by Crippen LogP contribution is -2.30. The third-order valence-corrected chi connectivity index (χ3v) is 4.16. The number of amides is 1. The first-order valence-corrected chi connectivity index (χ1v) is 9.45. The van der Waals surface area contributed by atoms with E-state index < -0.39 is 34.6 Å². The molecule has 0 aliphatic heterocycles. The van der Waals surface area contributed by atoms with Crippen molar-refractivity contribution < 1.29 is 27.9 Å². The van der Waals surface area contributed by atoms with E-state index in [0.717, 1.165) is 12.7 Å². The summed E-state index contributed by atoms with van der Waals surface area (Å²) >= 11 is 5.71. The van der Waals surface area contributed by atoms with Crippen LogP contribution in [-0.2, 0) is 11.3 Å². The predicted molar refractivity (Wildman–Crippen MR) is 104 cm³/mol. The first-order valence-electron chi connectivity index (χ1n) is 9.07. The van der Waals surface area contributed by atoms with Gasteiger partial charge >= 0.3 is 5.97 Å². The zero-order valence-corrected chi connectivity index (χ0v) is 16.8. The van der Waals surface area contributed by atoms with Crippen LogP contribution in [0.25, 0.3) is 0 Å². The zero-order valence-electron chi connectivity index (χ0n) is 16.1. The highest BCUT2D eigenvalue weighted by molar-refractivity contribution is 6.30. The van der Waals surface area contributed by atoms with Gasteiger partial charge in [0, 0.05) is 12.1 Å². The van der Waals surface area contributed by atoms with Crippen molar-refractivity contribution in [1.82, 2.24) is 5.32 Å². The van der Waals surface area contributed by atoms with Gasteiger partial charge < -0.3 is 19.2 Å². The first kappa shape index (κ1) is 22.4. The monoisotopic (exact) mass is 425 g/mol. The molecule has 0 aliphatic rings. The molecule has 1 aromatic heterocycles. The van der Waals surface area contributed by atoms with E-state index in [1.165, 1.54) is 18.2 Å². The number of hydrogen-bond acceptors (Lipinski definition) is 6. The van der Waals surface area contributed by atoms with Crippen LogP contribution in [0.4, 0.5) is 4.39 Å². The quantitative estimate of drug-likeness (QED) is 0.486. The number of carbonyl (C=O) groups is 2. The Morgan fingerprint density at radius 1 is 1.28 bits per heavy atom. The molecule has 9 heteroatoms. The second kappa shape index (κ2) is 10.6. The van der Waals surface area contributed by atoms with Crippen molar-refractivity contribution in [2.45, 2.75) is 33.2 Å². The van der Waals surface area contributed by atoms with E-state index in [1.807, 2.05) is 6.92 Å². The molecule has 0 saturated heterocycles. The number of esters is 1. The molecule has 0 atom stereocenters. The average Bonchev–Trinajstić information content (AvgIpc) is 2.70. The third kappa shape index (κ3) is 5.57. The summed E-state index contributed by atoms with van der Waals surface area (Å²) in [5, 5.41) is 2.34. The lowest BCUT2D eigenvalue weighted by Gasteiger charge is -2.11. The van der Waals surface area contributed by atoms with Crippen LogP contribution >= 0.6 is 11.6 Å². The molecule has 0 unspecified atom stereocenters.